The quantitative estimate of drug-likeness (QED) is 0.132. The molecule has 1 nitrogen and oxygen atoms in total. The Morgan fingerprint density at radius 3 is 1.10 bits per heavy atom. The van der Waals surface area contributed by atoms with E-state index >= 15 is 0 Å². The second-order valence-corrected chi connectivity index (χ2v) is 17.6. The van der Waals surface area contributed by atoms with Crippen molar-refractivity contribution in [2.24, 2.45) is 0 Å². The lowest BCUT2D eigenvalue weighted by molar-refractivity contribution is 0.769. The monoisotopic (exact) mass is 865 g/mol. The van der Waals surface area contributed by atoms with Crippen LogP contribution in [0.25, 0.3) is 66.8 Å². The molecule has 68 heavy (non-hydrogen) atoms. The molecule has 11 aromatic rings. The van der Waals surface area contributed by atoms with Gasteiger partial charge in [0.15, 0.2) is 0 Å². The molecule has 0 N–H and O–H groups in total. The Bertz CT molecular complexity index is 3480. The summed E-state index contributed by atoms with van der Waals surface area (Å²) in [4.78, 5) is 2.34. The first-order valence-corrected chi connectivity index (χ1v) is 23.5. The number of anilines is 3. The van der Waals surface area contributed by atoms with Crippen LogP contribution in [0.2, 0.25) is 0 Å². The van der Waals surface area contributed by atoms with Crippen LogP contribution in [0.4, 0.5) is 17.1 Å². The maximum absolute atomic E-state index is 2.47. The predicted octanol–water partition coefficient (Wildman–Crippen LogP) is 17.9. The third kappa shape index (κ3) is 7.22. The van der Waals surface area contributed by atoms with Gasteiger partial charge in [-0.2, -0.15) is 0 Å². The molecule has 0 fully saturated rings. The third-order valence-electron chi connectivity index (χ3n) is 13.8. The van der Waals surface area contributed by atoms with Crippen molar-refractivity contribution in [3.63, 3.8) is 0 Å². The minimum Gasteiger partial charge on any atom is -0.311 e. The highest BCUT2D eigenvalue weighted by Gasteiger charge is 2.47. The summed E-state index contributed by atoms with van der Waals surface area (Å²) in [6.07, 6.45) is 0. The van der Waals surface area contributed by atoms with Crippen molar-refractivity contribution in [3.8, 4) is 66.8 Å². The maximum Gasteiger partial charge on any atom is 0.0714 e. The molecule has 0 heterocycles. The number of nitrogens with zero attached hydrogens (tertiary/aromatic N) is 1. The molecule has 0 radical (unpaired) electrons. The third-order valence-corrected chi connectivity index (χ3v) is 13.8. The normalized spacial score (nSPS) is 13.6. The van der Waals surface area contributed by atoms with Crippen molar-refractivity contribution >= 4 is 17.1 Å². The second kappa shape index (κ2) is 17.5. The lowest BCUT2D eigenvalue weighted by Crippen LogP contribution is -2.28. The van der Waals surface area contributed by atoms with E-state index in [-0.39, 0.29) is 0 Å². The molecule has 0 spiro atoms. The van der Waals surface area contributed by atoms with E-state index < -0.39 is 5.41 Å². The summed E-state index contributed by atoms with van der Waals surface area (Å²) in [7, 11) is 0. The first-order chi connectivity index (χ1) is 33.7. The number of benzene rings is 11. The van der Waals surface area contributed by atoms with E-state index in [0.717, 1.165) is 22.6 Å². The van der Waals surface area contributed by atoms with E-state index in [9.17, 15) is 0 Å². The van der Waals surface area contributed by atoms with Gasteiger partial charge in [-0.05, 0) is 131 Å². The highest BCUT2D eigenvalue weighted by molar-refractivity contribution is 5.97. The number of hydrogen-bond acceptors (Lipinski definition) is 1. The minimum absolute atomic E-state index is 0.590. The van der Waals surface area contributed by atoms with Gasteiger partial charge in [-0.25, -0.2) is 0 Å². The fourth-order valence-corrected chi connectivity index (χ4v) is 10.5. The molecule has 0 saturated carbocycles. The molecule has 1 heteroatoms. The van der Waals surface area contributed by atoms with Crippen molar-refractivity contribution in [1.29, 1.82) is 0 Å². The van der Waals surface area contributed by atoms with Crippen LogP contribution in [-0.2, 0) is 5.41 Å². The molecule has 0 aliphatic heterocycles. The molecule has 0 amide bonds. The molecule has 12 rings (SSSR count). The van der Waals surface area contributed by atoms with Crippen LogP contribution in [0.1, 0.15) is 22.3 Å². The van der Waals surface area contributed by atoms with Gasteiger partial charge in [-0.15, -0.1) is 0 Å². The van der Waals surface area contributed by atoms with Crippen LogP contribution >= 0.6 is 0 Å². The Balaban J connectivity index is 1.01. The van der Waals surface area contributed by atoms with Crippen LogP contribution in [0.15, 0.2) is 285 Å². The molecule has 320 valence electrons. The van der Waals surface area contributed by atoms with E-state index in [2.05, 4.69) is 290 Å². The largest absolute Gasteiger partial charge is 0.311 e. The average molecular weight is 866 g/mol. The van der Waals surface area contributed by atoms with Gasteiger partial charge in [0.05, 0.1) is 5.41 Å². The Labute approximate surface area is 399 Å². The topological polar surface area (TPSA) is 3.24 Å². The predicted molar refractivity (Wildman–Crippen MR) is 286 cm³/mol. The smallest absolute Gasteiger partial charge is 0.0714 e. The summed E-state index contributed by atoms with van der Waals surface area (Å²) < 4.78 is 0. The van der Waals surface area contributed by atoms with Crippen LogP contribution < -0.4 is 4.90 Å². The first kappa shape index (κ1) is 40.7. The average Bonchev–Trinajstić information content (AvgIpc) is 3.73. The van der Waals surface area contributed by atoms with Gasteiger partial charge in [0.1, 0.15) is 0 Å². The summed E-state index contributed by atoms with van der Waals surface area (Å²) in [6.45, 7) is 0. The van der Waals surface area contributed by atoms with Crippen molar-refractivity contribution in [2.75, 3.05) is 4.90 Å². The van der Waals surface area contributed by atoms with E-state index in [0.29, 0.717) is 0 Å². The van der Waals surface area contributed by atoms with E-state index in [1.165, 1.54) is 83.5 Å². The zero-order valence-electron chi connectivity index (χ0n) is 37.6. The molecular formula is C67H47N. The van der Waals surface area contributed by atoms with E-state index in [4.69, 9.17) is 0 Å². The summed E-state index contributed by atoms with van der Waals surface area (Å²) in [5.74, 6) is 0. The molecule has 1 unspecified atom stereocenters. The summed E-state index contributed by atoms with van der Waals surface area (Å²) >= 11 is 0. The van der Waals surface area contributed by atoms with Gasteiger partial charge in [-0.3, -0.25) is 0 Å². The molecule has 0 aromatic heterocycles. The Morgan fingerprint density at radius 1 is 0.221 bits per heavy atom. The van der Waals surface area contributed by atoms with Crippen LogP contribution in [0.5, 0.6) is 0 Å². The zero-order chi connectivity index (χ0) is 45.3. The minimum atomic E-state index is -0.590. The van der Waals surface area contributed by atoms with Gasteiger partial charge in [-0.1, -0.05) is 243 Å². The zero-order valence-corrected chi connectivity index (χ0v) is 37.6. The van der Waals surface area contributed by atoms with Gasteiger partial charge < -0.3 is 4.90 Å². The van der Waals surface area contributed by atoms with Gasteiger partial charge in [0.25, 0.3) is 0 Å². The lowest BCUT2D eigenvalue weighted by atomic mass is 9.67. The number of hydrogen-bond donors (Lipinski definition) is 0. The summed E-state index contributed by atoms with van der Waals surface area (Å²) in [6, 6.07) is 104. The Hall–Kier alpha value is -8.78. The number of fused-ring (bicyclic) bond motifs is 3. The Kier molecular flexibility index (Phi) is 10.5. The fraction of sp³-hybridized carbons (Fsp3) is 0.0149. The van der Waals surface area contributed by atoms with Crippen molar-refractivity contribution < 1.29 is 0 Å². The molecule has 1 atom stereocenters. The van der Waals surface area contributed by atoms with Gasteiger partial charge in [0, 0.05) is 17.1 Å². The number of para-hydroxylation sites is 1. The molecule has 1 aliphatic carbocycles. The first-order valence-electron chi connectivity index (χ1n) is 23.5. The van der Waals surface area contributed by atoms with Crippen LogP contribution in [-0.4, -0.2) is 0 Å². The second-order valence-electron chi connectivity index (χ2n) is 17.6. The standard InChI is InChI=1S/C67H47N/c1-6-17-48(18-7-1)51-29-31-55(32-30-51)62-27-16-28-64-66(62)63-46-39-56(47-65(63)67(64,57-23-12-4-13-24-57)58-40-33-52(34-41-58)49-19-8-2-9-20-49)54-37-44-61(45-38-54)68(59-25-14-5-15-26-59)60-42-35-53(36-43-60)50-21-10-3-11-22-50/h1-47H. The molecule has 1 aliphatic rings. The Morgan fingerprint density at radius 2 is 0.588 bits per heavy atom. The molecule has 0 bridgehead atoms. The summed E-state index contributed by atoms with van der Waals surface area (Å²) in [5.41, 5.74) is 22.4. The van der Waals surface area contributed by atoms with E-state index in [1.807, 2.05) is 0 Å². The fourth-order valence-electron chi connectivity index (χ4n) is 10.5. The highest BCUT2D eigenvalue weighted by Crippen LogP contribution is 2.59. The van der Waals surface area contributed by atoms with Crippen LogP contribution in [0, 0.1) is 0 Å². The molecular weight excluding hydrogens is 819 g/mol. The van der Waals surface area contributed by atoms with Crippen molar-refractivity contribution in [3.05, 3.63) is 307 Å². The van der Waals surface area contributed by atoms with Gasteiger partial charge >= 0.3 is 0 Å². The van der Waals surface area contributed by atoms with E-state index in [1.54, 1.807) is 0 Å². The van der Waals surface area contributed by atoms with Crippen molar-refractivity contribution in [2.45, 2.75) is 5.41 Å². The SMILES string of the molecule is c1ccc(-c2ccc(-c3cccc4c3-c3ccc(-c5ccc(N(c6ccccc6)c6ccc(-c7ccccc7)cc6)cc5)cc3C4(c3ccccc3)c3ccc(-c4ccccc4)cc3)cc2)cc1. The van der Waals surface area contributed by atoms with Crippen molar-refractivity contribution in [1.82, 2.24) is 0 Å². The van der Waals surface area contributed by atoms with Gasteiger partial charge in [0.2, 0.25) is 0 Å². The maximum atomic E-state index is 2.47. The molecule has 11 aromatic carbocycles. The highest BCUT2D eigenvalue weighted by atomic mass is 15.1. The number of rotatable bonds is 10. The lowest BCUT2D eigenvalue weighted by Gasteiger charge is -2.34. The molecule has 0 saturated heterocycles. The summed E-state index contributed by atoms with van der Waals surface area (Å²) in [5, 5.41) is 0. The van der Waals surface area contributed by atoms with Crippen LogP contribution in [0.3, 0.4) is 0 Å².